The van der Waals surface area contributed by atoms with Crippen molar-refractivity contribution in [3.8, 4) is 0 Å². The minimum Gasteiger partial charge on any atom is -0.392 e. The summed E-state index contributed by atoms with van der Waals surface area (Å²) in [5.41, 5.74) is 5.01. The van der Waals surface area contributed by atoms with Crippen LogP contribution in [0.2, 0.25) is 0 Å². The number of hydrogen-bond acceptors (Lipinski definition) is 4. The molecule has 0 saturated carbocycles. The Morgan fingerprint density at radius 3 is 1.62 bits per heavy atom. The van der Waals surface area contributed by atoms with Crippen molar-refractivity contribution in [2.75, 3.05) is 0 Å². The predicted octanol–water partition coefficient (Wildman–Crippen LogP) is -1.99. The van der Waals surface area contributed by atoms with Gasteiger partial charge in [0.1, 0.15) is 0 Å². The van der Waals surface area contributed by atoms with Crippen LogP contribution in [0.1, 0.15) is 6.92 Å². The van der Waals surface area contributed by atoms with E-state index in [-0.39, 0.29) is 0 Å². The summed E-state index contributed by atoms with van der Waals surface area (Å²) in [6.45, 7) is 1.39. The highest BCUT2D eigenvalue weighted by Crippen LogP contribution is 1.90. The summed E-state index contributed by atoms with van der Waals surface area (Å²) in [5.74, 6) is 0. The lowest BCUT2D eigenvalue weighted by Crippen LogP contribution is -2.43. The minimum absolute atomic E-state index is 0.880. The topological polar surface area (TPSA) is 86.7 Å². The van der Waals surface area contributed by atoms with Gasteiger partial charge in [0.2, 0.25) is 0 Å². The van der Waals surface area contributed by atoms with Gasteiger partial charge in [-0.3, -0.25) is 0 Å². The Bertz CT molecular complexity index is 56.3. The monoisotopic (exact) mass is 121 g/mol. The van der Waals surface area contributed by atoms with Crippen LogP contribution in [-0.4, -0.2) is 33.8 Å². The lowest BCUT2D eigenvalue weighted by molar-refractivity contribution is -0.0826. The number of hydrogen-bond donors (Lipinski definition) is 4. The standard InChI is InChI=1S/C4H11NO3/c1-2(6)3(5)4(7)8/h2-4,6-8H,5H2,1H3/t2-,3-/m0/s1. The third-order valence-corrected chi connectivity index (χ3v) is 0.901. The predicted molar refractivity (Wildman–Crippen MR) is 27.9 cm³/mol. The van der Waals surface area contributed by atoms with Crippen molar-refractivity contribution in [3.63, 3.8) is 0 Å². The van der Waals surface area contributed by atoms with Gasteiger partial charge in [-0.15, -0.1) is 0 Å². The molecule has 0 aromatic rings. The Morgan fingerprint density at radius 1 is 1.25 bits per heavy atom. The molecule has 0 aliphatic heterocycles. The van der Waals surface area contributed by atoms with Gasteiger partial charge < -0.3 is 21.1 Å². The molecule has 0 aromatic carbocycles. The molecule has 5 N–H and O–H groups in total. The van der Waals surface area contributed by atoms with Crippen molar-refractivity contribution in [1.29, 1.82) is 0 Å². The Labute approximate surface area is 47.6 Å². The highest BCUT2D eigenvalue weighted by atomic mass is 16.5. The Balaban J connectivity index is 3.46. The molecular weight excluding hydrogens is 110 g/mol. The van der Waals surface area contributed by atoms with E-state index in [0.717, 1.165) is 0 Å². The van der Waals surface area contributed by atoms with E-state index in [2.05, 4.69) is 0 Å². The van der Waals surface area contributed by atoms with Crippen molar-refractivity contribution in [2.24, 2.45) is 5.73 Å². The first kappa shape index (κ1) is 7.84. The second-order valence-corrected chi connectivity index (χ2v) is 1.73. The highest BCUT2D eigenvalue weighted by molar-refractivity contribution is 4.67. The van der Waals surface area contributed by atoms with E-state index in [4.69, 9.17) is 21.1 Å². The molecule has 0 aliphatic rings. The summed E-state index contributed by atoms with van der Waals surface area (Å²) in [7, 11) is 0. The summed E-state index contributed by atoms with van der Waals surface area (Å²) in [6.07, 6.45) is -2.51. The molecule has 0 rings (SSSR count). The molecule has 2 atom stereocenters. The number of aliphatic hydroxyl groups is 3. The zero-order valence-corrected chi connectivity index (χ0v) is 4.65. The van der Waals surface area contributed by atoms with Gasteiger partial charge in [-0.1, -0.05) is 0 Å². The normalized spacial score (nSPS) is 18.8. The minimum atomic E-state index is -1.63. The molecule has 0 aromatic heterocycles. The molecule has 4 heteroatoms. The molecule has 0 fully saturated rings. The molecule has 0 radical (unpaired) electrons. The van der Waals surface area contributed by atoms with Gasteiger partial charge in [-0.2, -0.15) is 0 Å². The van der Waals surface area contributed by atoms with Gasteiger partial charge >= 0.3 is 0 Å². The van der Waals surface area contributed by atoms with Crippen LogP contribution < -0.4 is 5.73 Å². The van der Waals surface area contributed by atoms with Crippen molar-refractivity contribution in [3.05, 3.63) is 0 Å². The summed E-state index contributed by atoms with van der Waals surface area (Å²) in [5, 5.41) is 25.1. The van der Waals surface area contributed by atoms with Crippen LogP contribution in [0.4, 0.5) is 0 Å². The molecule has 4 nitrogen and oxygen atoms in total. The lowest BCUT2D eigenvalue weighted by atomic mass is 10.2. The molecule has 0 saturated heterocycles. The first-order valence-corrected chi connectivity index (χ1v) is 2.35. The van der Waals surface area contributed by atoms with Crippen LogP contribution in [0.3, 0.4) is 0 Å². The zero-order valence-electron chi connectivity index (χ0n) is 4.65. The number of rotatable bonds is 2. The second-order valence-electron chi connectivity index (χ2n) is 1.73. The molecule has 0 unspecified atom stereocenters. The molecule has 0 aliphatic carbocycles. The van der Waals surface area contributed by atoms with E-state index in [1.54, 1.807) is 0 Å². The fourth-order valence-electron chi connectivity index (χ4n) is 0.249. The largest absolute Gasteiger partial charge is 0.392 e. The SMILES string of the molecule is C[C@H](O)[C@H](N)C(O)O. The first-order chi connectivity index (χ1) is 3.55. The Hall–Kier alpha value is -0.160. The van der Waals surface area contributed by atoms with Crippen molar-refractivity contribution < 1.29 is 15.3 Å². The van der Waals surface area contributed by atoms with Crippen molar-refractivity contribution in [1.82, 2.24) is 0 Å². The fraction of sp³-hybridized carbons (Fsp3) is 1.00. The Morgan fingerprint density at radius 2 is 1.62 bits per heavy atom. The third-order valence-electron chi connectivity index (χ3n) is 0.901. The summed E-state index contributed by atoms with van der Waals surface area (Å²) in [6, 6.07) is -0.963. The molecule has 50 valence electrons. The van der Waals surface area contributed by atoms with Crippen LogP contribution in [-0.2, 0) is 0 Å². The lowest BCUT2D eigenvalue weighted by Gasteiger charge is -2.15. The molecule has 8 heavy (non-hydrogen) atoms. The molecular formula is C4H11NO3. The van der Waals surface area contributed by atoms with E-state index in [9.17, 15) is 0 Å². The van der Waals surface area contributed by atoms with Gasteiger partial charge in [-0.25, -0.2) is 0 Å². The average Bonchev–Trinajstić information content (AvgIpc) is 1.64. The quantitative estimate of drug-likeness (QED) is 0.318. The van der Waals surface area contributed by atoms with E-state index in [1.165, 1.54) is 6.92 Å². The van der Waals surface area contributed by atoms with Crippen LogP contribution in [0.25, 0.3) is 0 Å². The highest BCUT2D eigenvalue weighted by Gasteiger charge is 2.15. The maximum atomic E-state index is 8.55. The second kappa shape index (κ2) is 2.99. The summed E-state index contributed by atoms with van der Waals surface area (Å²) in [4.78, 5) is 0. The van der Waals surface area contributed by atoms with Gasteiger partial charge in [0.15, 0.2) is 6.29 Å². The van der Waals surface area contributed by atoms with Crippen LogP contribution >= 0.6 is 0 Å². The van der Waals surface area contributed by atoms with Crippen LogP contribution in [0.5, 0.6) is 0 Å². The number of nitrogens with two attached hydrogens (primary N) is 1. The molecule has 0 bridgehead atoms. The average molecular weight is 121 g/mol. The van der Waals surface area contributed by atoms with E-state index >= 15 is 0 Å². The van der Waals surface area contributed by atoms with Crippen molar-refractivity contribution >= 4 is 0 Å². The van der Waals surface area contributed by atoms with Gasteiger partial charge in [0, 0.05) is 0 Å². The van der Waals surface area contributed by atoms with Gasteiger partial charge in [0.25, 0.3) is 0 Å². The van der Waals surface area contributed by atoms with E-state index in [0.29, 0.717) is 0 Å². The van der Waals surface area contributed by atoms with E-state index < -0.39 is 18.4 Å². The first-order valence-electron chi connectivity index (χ1n) is 2.35. The number of aliphatic hydroxyl groups excluding tert-OH is 2. The summed E-state index contributed by atoms with van der Waals surface area (Å²) < 4.78 is 0. The smallest absolute Gasteiger partial charge is 0.169 e. The third kappa shape index (κ3) is 2.23. The molecule has 0 amide bonds. The zero-order chi connectivity index (χ0) is 6.73. The maximum Gasteiger partial charge on any atom is 0.169 e. The van der Waals surface area contributed by atoms with Gasteiger partial charge in [0.05, 0.1) is 12.1 Å². The Kier molecular flexibility index (Phi) is 2.93. The van der Waals surface area contributed by atoms with Gasteiger partial charge in [-0.05, 0) is 6.92 Å². The van der Waals surface area contributed by atoms with E-state index in [1.807, 2.05) is 0 Å². The maximum absolute atomic E-state index is 8.55. The molecule has 0 heterocycles. The van der Waals surface area contributed by atoms with Crippen LogP contribution in [0, 0.1) is 0 Å². The fourth-order valence-corrected chi connectivity index (χ4v) is 0.249. The molecule has 0 spiro atoms. The van der Waals surface area contributed by atoms with Crippen molar-refractivity contribution in [2.45, 2.75) is 25.4 Å². The summed E-state index contributed by atoms with van der Waals surface area (Å²) >= 11 is 0. The van der Waals surface area contributed by atoms with Crippen LogP contribution in [0.15, 0.2) is 0 Å².